The first-order chi connectivity index (χ1) is 9.15. The Labute approximate surface area is 123 Å². The smallest absolute Gasteiger partial charge is 0.106 e. The van der Waals surface area contributed by atoms with E-state index in [0.29, 0.717) is 5.69 Å². The summed E-state index contributed by atoms with van der Waals surface area (Å²) in [5.41, 5.74) is 12.6. The molecule has 0 fully saturated rings. The van der Waals surface area contributed by atoms with Gasteiger partial charge >= 0.3 is 0 Å². The van der Waals surface area contributed by atoms with E-state index >= 15 is 0 Å². The summed E-state index contributed by atoms with van der Waals surface area (Å²) in [7, 11) is 0. The van der Waals surface area contributed by atoms with E-state index in [1.165, 1.54) is 5.56 Å². The van der Waals surface area contributed by atoms with Crippen LogP contribution in [-0.4, -0.2) is 4.98 Å². The van der Waals surface area contributed by atoms with Crippen molar-refractivity contribution in [3.8, 4) is 0 Å². The summed E-state index contributed by atoms with van der Waals surface area (Å²) in [6.45, 7) is 2.06. The van der Waals surface area contributed by atoms with E-state index in [1.807, 2.05) is 29.8 Å². The van der Waals surface area contributed by atoms with Gasteiger partial charge in [-0.25, -0.2) is 4.98 Å². The number of fused-ring (bicyclic) bond motifs is 1. The maximum Gasteiger partial charge on any atom is 0.106 e. The van der Waals surface area contributed by atoms with Crippen LogP contribution in [0, 0.1) is 6.92 Å². The molecule has 1 heterocycles. The van der Waals surface area contributed by atoms with Crippen LogP contribution in [-0.2, 0) is 0 Å². The Morgan fingerprint density at radius 3 is 2.89 bits per heavy atom. The summed E-state index contributed by atoms with van der Waals surface area (Å²) in [4.78, 5) is 4.30. The second kappa shape index (κ2) is 4.83. The molecular formula is C14H12BrN3S. The SMILES string of the molecule is Cc1ccc(Nc2ccc3scnc3c2N)cc1Br. The molecule has 0 atom stereocenters. The molecule has 3 rings (SSSR count). The van der Waals surface area contributed by atoms with Crippen LogP contribution in [0.5, 0.6) is 0 Å². The largest absolute Gasteiger partial charge is 0.395 e. The van der Waals surface area contributed by atoms with Gasteiger partial charge in [0.15, 0.2) is 0 Å². The zero-order valence-corrected chi connectivity index (χ0v) is 12.7. The quantitative estimate of drug-likeness (QED) is 0.668. The van der Waals surface area contributed by atoms with Crippen molar-refractivity contribution in [2.24, 2.45) is 0 Å². The number of aromatic nitrogens is 1. The van der Waals surface area contributed by atoms with Crippen LogP contribution in [0.4, 0.5) is 17.1 Å². The lowest BCUT2D eigenvalue weighted by Gasteiger charge is -2.10. The minimum Gasteiger partial charge on any atom is -0.395 e. The maximum atomic E-state index is 6.15. The van der Waals surface area contributed by atoms with Gasteiger partial charge in [-0.1, -0.05) is 22.0 Å². The third-order valence-corrected chi connectivity index (χ3v) is 4.64. The number of hydrogen-bond donors (Lipinski definition) is 2. The molecule has 2 aromatic carbocycles. The highest BCUT2D eigenvalue weighted by Gasteiger charge is 2.07. The molecule has 0 radical (unpaired) electrons. The van der Waals surface area contributed by atoms with Crippen molar-refractivity contribution in [1.29, 1.82) is 0 Å². The van der Waals surface area contributed by atoms with Gasteiger partial charge < -0.3 is 11.1 Å². The number of thiazole rings is 1. The van der Waals surface area contributed by atoms with Crippen molar-refractivity contribution in [3.63, 3.8) is 0 Å². The van der Waals surface area contributed by atoms with Crippen LogP contribution >= 0.6 is 27.3 Å². The Hall–Kier alpha value is -1.59. The highest BCUT2D eigenvalue weighted by atomic mass is 79.9. The van der Waals surface area contributed by atoms with Crippen LogP contribution in [0.15, 0.2) is 40.3 Å². The van der Waals surface area contributed by atoms with Gasteiger partial charge in [0.1, 0.15) is 5.52 Å². The Bertz CT molecular complexity index is 752. The Balaban J connectivity index is 2.00. The molecule has 1 aromatic heterocycles. The van der Waals surface area contributed by atoms with E-state index in [0.717, 1.165) is 26.1 Å². The maximum absolute atomic E-state index is 6.15. The molecule has 3 N–H and O–H groups in total. The Kier molecular flexibility index (Phi) is 3.16. The second-order valence-electron chi connectivity index (χ2n) is 4.31. The normalized spacial score (nSPS) is 10.8. The number of benzene rings is 2. The van der Waals surface area contributed by atoms with Gasteiger partial charge in [0, 0.05) is 10.2 Å². The number of nitrogens with one attached hydrogen (secondary N) is 1. The van der Waals surface area contributed by atoms with E-state index < -0.39 is 0 Å². The van der Waals surface area contributed by atoms with Gasteiger partial charge in [-0.2, -0.15) is 0 Å². The first kappa shape index (κ1) is 12.4. The lowest BCUT2D eigenvalue weighted by atomic mass is 10.2. The predicted molar refractivity (Wildman–Crippen MR) is 86.2 cm³/mol. The molecule has 0 aliphatic carbocycles. The van der Waals surface area contributed by atoms with Crippen molar-refractivity contribution < 1.29 is 0 Å². The first-order valence-corrected chi connectivity index (χ1v) is 7.47. The van der Waals surface area contributed by atoms with E-state index in [4.69, 9.17) is 5.73 Å². The molecule has 19 heavy (non-hydrogen) atoms. The number of halogens is 1. The van der Waals surface area contributed by atoms with Crippen LogP contribution in [0.1, 0.15) is 5.56 Å². The molecule has 0 unspecified atom stereocenters. The van der Waals surface area contributed by atoms with E-state index in [-0.39, 0.29) is 0 Å². The number of nitrogens with zero attached hydrogens (tertiary/aromatic N) is 1. The summed E-state index contributed by atoms with van der Waals surface area (Å²) in [6.07, 6.45) is 0. The van der Waals surface area contributed by atoms with Crippen LogP contribution < -0.4 is 11.1 Å². The first-order valence-electron chi connectivity index (χ1n) is 5.80. The monoisotopic (exact) mass is 333 g/mol. The number of anilines is 3. The zero-order chi connectivity index (χ0) is 13.4. The molecule has 0 saturated carbocycles. The van der Waals surface area contributed by atoms with Crippen LogP contribution in [0.3, 0.4) is 0 Å². The third kappa shape index (κ3) is 2.31. The van der Waals surface area contributed by atoms with Crippen molar-refractivity contribution >= 4 is 54.5 Å². The molecule has 0 spiro atoms. The summed E-state index contributed by atoms with van der Waals surface area (Å²) in [5, 5.41) is 3.33. The van der Waals surface area contributed by atoms with Gasteiger partial charge in [0.05, 0.1) is 21.6 Å². The lowest BCUT2D eigenvalue weighted by molar-refractivity contribution is 1.42. The van der Waals surface area contributed by atoms with Gasteiger partial charge in [0.25, 0.3) is 0 Å². The van der Waals surface area contributed by atoms with Crippen molar-refractivity contribution in [3.05, 3.63) is 45.9 Å². The van der Waals surface area contributed by atoms with Crippen molar-refractivity contribution in [2.45, 2.75) is 6.92 Å². The number of nitrogens with two attached hydrogens (primary N) is 1. The fraction of sp³-hybridized carbons (Fsp3) is 0.0714. The van der Waals surface area contributed by atoms with Crippen LogP contribution in [0.2, 0.25) is 0 Å². The molecule has 0 amide bonds. The molecule has 0 aliphatic rings. The molecule has 3 aromatic rings. The van der Waals surface area contributed by atoms with E-state index in [9.17, 15) is 0 Å². The number of hydrogen-bond acceptors (Lipinski definition) is 4. The molecule has 3 nitrogen and oxygen atoms in total. The summed E-state index contributed by atoms with van der Waals surface area (Å²) in [5.74, 6) is 0. The predicted octanol–water partition coefficient (Wildman–Crippen LogP) is 4.69. The minimum absolute atomic E-state index is 0.690. The average Bonchev–Trinajstić information content (AvgIpc) is 2.86. The number of aryl methyl sites for hydroxylation is 1. The second-order valence-corrected chi connectivity index (χ2v) is 6.06. The van der Waals surface area contributed by atoms with Gasteiger partial charge in [-0.3, -0.25) is 0 Å². The highest BCUT2D eigenvalue weighted by molar-refractivity contribution is 9.10. The molecule has 96 valence electrons. The third-order valence-electron chi connectivity index (χ3n) is 2.99. The van der Waals surface area contributed by atoms with E-state index in [1.54, 1.807) is 11.3 Å². The van der Waals surface area contributed by atoms with Crippen LogP contribution in [0.25, 0.3) is 10.2 Å². The average molecular weight is 334 g/mol. The Morgan fingerprint density at radius 1 is 1.26 bits per heavy atom. The van der Waals surface area contributed by atoms with E-state index in [2.05, 4.69) is 39.2 Å². The fourth-order valence-corrected chi connectivity index (χ4v) is 2.96. The Morgan fingerprint density at radius 2 is 2.11 bits per heavy atom. The zero-order valence-electron chi connectivity index (χ0n) is 10.3. The molecule has 0 saturated heterocycles. The highest BCUT2D eigenvalue weighted by Crippen LogP contribution is 2.32. The molecule has 0 bridgehead atoms. The van der Waals surface area contributed by atoms with Gasteiger partial charge in [-0.05, 0) is 36.8 Å². The summed E-state index contributed by atoms with van der Waals surface area (Å²) < 4.78 is 2.18. The van der Waals surface area contributed by atoms with Crippen molar-refractivity contribution in [2.75, 3.05) is 11.1 Å². The van der Waals surface area contributed by atoms with Gasteiger partial charge in [0.2, 0.25) is 0 Å². The van der Waals surface area contributed by atoms with Crippen molar-refractivity contribution in [1.82, 2.24) is 4.98 Å². The minimum atomic E-state index is 0.690. The molecule has 0 aliphatic heterocycles. The topological polar surface area (TPSA) is 50.9 Å². The van der Waals surface area contributed by atoms with Gasteiger partial charge in [-0.15, -0.1) is 11.3 Å². The molecular weight excluding hydrogens is 322 g/mol. The number of nitrogen functional groups attached to an aromatic ring is 1. The number of rotatable bonds is 2. The lowest BCUT2D eigenvalue weighted by Crippen LogP contribution is -1.97. The molecule has 5 heteroatoms. The summed E-state index contributed by atoms with van der Waals surface area (Å²) in [6, 6.07) is 10.2. The summed E-state index contributed by atoms with van der Waals surface area (Å²) >= 11 is 5.12. The fourth-order valence-electron chi connectivity index (χ4n) is 1.89. The standard InChI is InChI=1S/C14H12BrN3S/c1-8-2-3-9(6-10(8)15)18-11-4-5-12-14(13(11)16)17-7-19-12/h2-7,18H,16H2,1H3.